The van der Waals surface area contributed by atoms with Gasteiger partial charge in [-0.15, -0.1) is 0 Å². The summed E-state index contributed by atoms with van der Waals surface area (Å²) in [6.07, 6.45) is 1.64. The Kier molecular flexibility index (Phi) is 6.75. The first kappa shape index (κ1) is 16.4. The third-order valence-corrected chi connectivity index (χ3v) is 3.71. The number of nitrogens with two attached hydrogens (primary N) is 1. The summed E-state index contributed by atoms with van der Waals surface area (Å²) in [7, 11) is 2.16. The van der Waals surface area contributed by atoms with Gasteiger partial charge in [0.1, 0.15) is 0 Å². The average molecular weight is 270 g/mol. The maximum atomic E-state index is 11.9. The van der Waals surface area contributed by atoms with Crippen molar-refractivity contribution in [3.63, 3.8) is 0 Å². The molecule has 0 aliphatic carbocycles. The van der Waals surface area contributed by atoms with Crippen molar-refractivity contribution < 1.29 is 4.79 Å². The van der Waals surface area contributed by atoms with Gasteiger partial charge in [0.05, 0.1) is 0 Å². The Morgan fingerprint density at radius 1 is 1.42 bits per heavy atom. The normalized spacial score (nSPS) is 24.2. The number of hydrogen-bond acceptors (Lipinski definition) is 4. The van der Waals surface area contributed by atoms with E-state index in [0.717, 1.165) is 26.1 Å². The molecule has 1 fully saturated rings. The molecule has 1 heterocycles. The molecule has 0 saturated carbocycles. The summed E-state index contributed by atoms with van der Waals surface area (Å²) in [5.74, 6) is 0.107. The molecule has 0 aromatic carbocycles. The molecule has 0 radical (unpaired) electrons. The zero-order valence-electron chi connectivity index (χ0n) is 12.9. The van der Waals surface area contributed by atoms with Gasteiger partial charge < -0.3 is 16.0 Å². The van der Waals surface area contributed by atoms with Gasteiger partial charge in [-0.1, -0.05) is 0 Å². The van der Waals surface area contributed by atoms with Gasteiger partial charge in [-0.05, 0) is 40.8 Å². The lowest BCUT2D eigenvalue weighted by Gasteiger charge is -2.34. The van der Waals surface area contributed by atoms with E-state index < -0.39 is 0 Å². The molecule has 1 rings (SSSR count). The van der Waals surface area contributed by atoms with Crippen LogP contribution in [0.15, 0.2) is 0 Å². The Bertz CT molecular complexity index is 283. The summed E-state index contributed by atoms with van der Waals surface area (Å²) >= 11 is 0. The summed E-state index contributed by atoms with van der Waals surface area (Å²) in [4.78, 5) is 16.7. The van der Waals surface area contributed by atoms with Crippen molar-refractivity contribution in [3.05, 3.63) is 0 Å². The number of carbonyl (C=O) groups excluding carboxylic acids is 1. The lowest BCUT2D eigenvalue weighted by Crippen LogP contribution is -2.50. The van der Waals surface area contributed by atoms with E-state index in [2.05, 4.69) is 29.1 Å². The van der Waals surface area contributed by atoms with Gasteiger partial charge in [-0.3, -0.25) is 9.69 Å². The minimum absolute atomic E-state index is 0.107. The van der Waals surface area contributed by atoms with Crippen LogP contribution in [0.1, 0.15) is 33.6 Å². The van der Waals surface area contributed by atoms with E-state index in [-0.39, 0.29) is 18.0 Å². The number of carbonyl (C=O) groups is 1. The van der Waals surface area contributed by atoms with Gasteiger partial charge >= 0.3 is 0 Å². The Labute approximate surface area is 117 Å². The van der Waals surface area contributed by atoms with Crippen LogP contribution in [0.4, 0.5) is 0 Å². The summed E-state index contributed by atoms with van der Waals surface area (Å²) in [5.41, 5.74) is 5.90. The first-order chi connectivity index (χ1) is 8.93. The van der Waals surface area contributed by atoms with Gasteiger partial charge in [-0.25, -0.2) is 0 Å². The number of nitrogens with zero attached hydrogens (tertiary/aromatic N) is 2. The predicted octanol–water partition coefficient (Wildman–Crippen LogP) is 0.254. The van der Waals surface area contributed by atoms with Gasteiger partial charge in [0.15, 0.2) is 0 Å². The molecular weight excluding hydrogens is 240 g/mol. The maximum absolute atomic E-state index is 11.9. The summed E-state index contributed by atoms with van der Waals surface area (Å²) < 4.78 is 0. The zero-order chi connectivity index (χ0) is 14.4. The average Bonchev–Trinajstić information content (AvgIpc) is 2.46. The maximum Gasteiger partial charge on any atom is 0.221 e. The largest absolute Gasteiger partial charge is 0.354 e. The highest BCUT2D eigenvalue weighted by Gasteiger charge is 2.27. The number of nitrogens with one attached hydrogen (secondary N) is 1. The van der Waals surface area contributed by atoms with E-state index in [1.54, 1.807) is 0 Å². The molecule has 3 N–H and O–H groups in total. The SMILES string of the molecule is CC(C)NC(=O)CC(CN)N1CCCN(C)CC1C. The molecule has 1 aliphatic rings. The molecule has 0 bridgehead atoms. The van der Waals surface area contributed by atoms with Crippen LogP contribution in [0.2, 0.25) is 0 Å². The first-order valence-corrected chi connectivity index (χ1v) is 7.37. The minimum atomic E-state index is 0.107. The number of amides is 1. The van der Waals surface area contributed by atoms with Crippen LogP contribution in [0, 0.1) is 0 Å². The highest BCUT2D eigenvalue weighted by molar-refractivity contribution is 5.76. The predicted molar refractivity (Wildman–Crippen MR) is 79.0 cm³/mol. The highest BCUT2D eigenvalue weighted by atomic mass is 16.1. The molecule has 112 valence electrons. The molecule has 2 atom stereocenters. The lowest BCUT2D eigenvalue weighted by molar-refractivity contribution is -0.122. The molecule has 2 unspecified atom stereocenters. The van der Waals surface area contributed by atoms with E-state index in [1.807, 2.05) is 13.8 Å². The molecule has 1 amide bonds. The summed E-state index contributed by atoms with van der Waals surface area (Å²) in [6.45, 7) is 9.93. The van der Waals surface area contributed by atoms with Crippen LogP contribution >= 0.6 is 0 Å². The van der Waals surface area contributed by atoms with Crippen molar-refractivity contribution >= 4 is 5.91 Å². The fourth-order valence-corrected chi connectivity index (χ4v) is 2.86. The van der Waals surface area contributed by atoms with Crippen LogP contribution < -0.4 is 11.1 Å². The van der Waals surface area contributed by atoms with E-state index in [0.29, 0.717) is 19.0 Å². The summed E-state index contributed by atoms with van der Waals surface area (Å²) in [5, 5.41) is 2.95. The molecule has 1 saturated heterocycles. The third-order valence-electron chi connectivity index (χ3n) is 3.71. The van der Waals surface area contributed by atoms with Gasteiger partial charge in [0.2, 0.25) is 5.91 Å². The molecule has 0 aromatic heterocycles. The zero-order valence-corrected chi connectivity index (χ0v) is 12.9. The smallest absolute Gasteiger partial charge is 0.221 e. The second kappa shape index (κ2) is 7.82. The van der Waals surface area contributed by atoms with Crippen LogP contribution in [0.3, 0.4) is 0 Å². The quantitative estimate of drug-likeness (QED) is 0.752. The Balaban J connectivity index is 2.59. The Hall–Kier alpha value is -0.650. The van der Waals surface area contributed by atoms with Crippen LogP contribution in [-0.4, -0.2) is 67.1 Å². The molecule has 0 spiro atoms. The molecule has 5 heteroatoms. The van der Waals surface area contributed by atoms with Crippen LogP contribution in [0.25, 0.3) is 0 Å². The Morgan fingerprint density at radius 3 is 2.68 bits per heavy atom. The number of hydrogen-bond donors (Lipinski definition) is 2. The van der Waals surface area contributed by atoms with Crippen molar-refractivity contribution in [2.75, 3.05) is 33.2 Å². The number of likely N-dealkylation sites (N-methyl/N-ethyl adjacent to an activating group) is 1. The second-order valence-electron chi connectivity index (χ2n) is 6.02. The van der Waals surface area contributed by atoms with E-state index in [4.69, 9.17) is 5.73 Å². The van der Waals surface area contributed by atoms with Gasteiger partial charge in [-0.2, -0.15) is 0 Å². The molecule has 1 aliphatic heterocycles. The van der Waals surface area contributed by atoms with E-state index in [9.17, 15) is 4.79 Å². The minimum Gasteiger partial charge on any atom is -0.354 e. The molecule has 5 nitrogen and oxygen atoms in total. The fraction of sp³-hybridized carbons (Fsp3) is 0.929. The van der Waals surface area contributed by atoms with Crippen molar-refractivity contribution in [2.45, 2.75) is 51.7 Å². The van der Waals surface area contributed by atoms with Gasteiger partial charge in [0, 0.05) is 44.2 Å². The second-order valence-corrected chi connectivity index (χ2v) is 6.02. The Morgan fingerprint density at radius 2 is 2.11 bits per heavy atom. The molecular formula is C14H30N4O. The van der Waals surface area contributed by atoms with Crippen molar-refractivity contribution in [1.29, 1.82) is 0 Å². The van der Waals surface area contributed by atoms with Crippen LogP contribution in [-0.2, 0) is 4.79 Å². The first-order valence-electron chi connectivity index (χ1n) is 7.37. The highest BCUT2D eigenvalue weighted by Crippen LogP contribution is 2.14. The van der Waals surface area contributed by atoms with E-state index >= 15 is 0 Å². The topological polar surface area (TPSA) is 61.6 Å². The summed E-state index contributed by atoms with van der Waals surface area (Å²) in [6, 6.07) is 0.798. The third kappa shape index (κ3) is 5.47. The number of rotatable bonds is 5. The fourth-order valence-electron chi connectivity index (χ4n) is 2.86. The van der Waals surface area contributed by atoms with Crippen molar-refractivity contribution in [1.82, 2.24) is 15.1 Å². The van der Waals surface area contributed by atoms with Gasteiger partial charge in [0.25, 0.3) is 0 Å². The molecule has 19 heavy (non-hydrogen) atoms. The monoisotopic (exact) mass is 270 g/mol. The van der Waals surface area contributed by atoms with Crippen molar-refractivity contribution in [2.24, 2.45) is 5.73 Å². The van der Waals surface area contributed by atoms with Crippen LogP contribution in [0.5, 0.6) is 0 Å². The molecule has 0 aromatic rings. The standard InChI is InChI=1S/C14H30N4O/c1-11(2)16-14(19)8-13(9-15)18-7-5-6-17(4)10-12(18)3/h11-13H,5-10,15H2,1-4H3,(H,16,19). The van der Waals surface area contributed by atoms with E-state index in [1.165, 1.54) is 0 Å². The lowest BCUT2D eigenvalue weighted by atomic mass is 10.1. The van der Waals surface area contributed by atoms with Crippen molar-refractivity contribution in [3.8, 4) is 0 Å².